The molecule has 4 rings (SSSR count). The second-order valence-electron chi connectivity index (χ2n) is 8.22. The Morgan fingerprint density at radius 2 is 1.82 bits per heavy atom. The average molecular weight is 550 g/mol. The van der Waals surface area contributed by atoms with Crippen LogP contribution in [0.4, 0.5) is 16.2 Å². The first kappa shape index (κ1) is 27.0. The molecule has 0 aliphatic rings. The summed E-state index contributed by atoms with van der Waals surface area (Å²) in [6.07, 6.45) is 5.57. The number of methoxy groups -OCH3 is 1. The normalized spacial score (nSPS) is 11.7. The average Bonchev–Trinajstić information content (AvgIpc) is 3.60. The van der Waals surface area contributed by atoms with E-state index >= 15 is 0 Å². The van der Waals surface area contributed by atoms with Gasteiger partial charge in [0.25, 0.3) is 0 Å². The number of nitrogens with one attached hydrogen (secondary N) is 3. The first-order chi connectivity index (χ1) is 18.8. The molecule has 3 amide bonds. The Kier molecular flexibility index (Phi) is 8.64. The Morgan fingerprint density at radius 1 is 1.08 bits per heavy atom. The number of benzene rings is 2. The predicted molar refractivity (Wildman–Crippen MR) is 143 cm³/mol. The van der Waals surface area contributed by atoms with Gasteiger partial charge in [0, 0.05) is 47.7 Å². The van der Waals surface area contributed by atoms with E-state index in [-0.39, 0.29) is 6.42 Å². The van der Waals surface area contributed by atoms with Gasteiger partial charge in [-0.15, -0.1) is 5.10 Å². The molecule has 4 aromatic rings. The first-order valence-electron chi connectivity index (χ1n) is 11.6. The van der Waals surface area contributed by atoms with Gasteiger partial charge >= 0.3 is 6.09 Å². The first-order valence-corrected chi connectivity index (χ1v) is 11.9. The summed E-state index contributed by atoms with van der Waals surface area (Å²) in [6, 6.07) is 12.3. The fraction of sp³-hybridized carbons (Fsp3) is 0.160. The lowest BCUT2D eigenvalue weighted by atomic mass is 10.1. The smallest absolute Gasteiger partial charge is 0.411 e. The van der Waals surface area contributed by atoms with Crippen molar-refractivity contribution in [3.8, 4) is 5.69 Å². The molecule has 3 N–H and O–H groups in total. The van der Waals surface area contributed by atoms with Gasteiger partial charge in [-0.2, -0.15) is 9.78 Å². The fourth-order valence-corrected chi connectivity index (χ4v) is 3.73. The van der Waals surface area contributed by atoms with E-state index in [1.165, 1.54) is 24.2 Å². The van der Waals surface area contributed by atoms with Crippen molar-refractivity contribution in [1.82, 2.24) is 35.3 Å². The van der Waals surface area contributed by atoms with Crippen LogP contribution in [-0.2, 0) is 27.8 Å². The summed E-state index contributed by atoms with van der Waals surface area (Å²) < 4.78 is 7.62. The third-order valence-electron chi connectivity index (χ3n) is 5.40. The van der Waals surface area contributed by atoms with Gasteiger partial charge < -0.3 is 15.4 Å². The molecule has 2 aromatic heterocycles. The van der Waals surface area contributed by atoms with E-state index in [2.05, 4.69) is 41.3 Å². The van der Waals surface area contributed by atoms with Crippen molar-refractivity contribution in [1.29, 1.82) is 0 Å². The third-order valence-corrected chi connectivity index (χ3v) is 5.63. The second-order valence-corrected chi connectivity index (χ2v) is 8.66. The Hall–Kier alpha value is -5.04. The van der Waals surface area contributed by atoms with Crippen LogP contribution < -0.4 is 16.0 Å². The summed E-state index contributed by atoms with van der Waals surface area (Å²) in [5, 5.41) is 24.0. The molecule has 0 saturated heterocycles. The van der Waals surface area contributed by atoms with Gasteiger partial charge in [0.2, 0.25) is 11.8 Å². The highest BCUT2D eigenvalue weighted by Crippen LogP contribution is 2.20. The summed E-state index contributed by atoms with van der Waals surface area (Å²) in [4.78, 5) is 37.5. The van der Waals surface area contributed by atoms with Crippen LogP contribution in [-0.4, -0.2) is 61.0 Å². The highest BCUT2D eigenvalue weighted by Gasteiger charge is 2.22. The minimum atomic E-state index is -0.941. The van der Waals surface area contributed by atoms with E-state index in [0.717, 1.165) is 0 Å². The molecule has 200 valence electrons. The zero-order valence-electron chi connectivity index (χ0n) is 20.9. The quantitative estimate of drug-likeness (QED) is 0.269. The molecule has 1 atom stereocenters. The van der Waals surface area contributed by atoms with Crippen LogP contribution in [0.3, 0.4) is 0 Å². The number of amides is 3. The van der Waals surface area contributed by atoms with Crippen LogP contribution in [0.1, 0.15) is 11.3 Å². The summed E-state index contributed by atoms with van der Waals surface area (Å²) >= 11 is 6.15. The van der Waals surface area contributed by atoms with Crippen LogP contribution in [0.25, 0.3) is 11.8 Å². The molecule has 0 unspecified atom stereocenters. The number of hydrogen-bond acceptors (Lipinski definition) is 8. The molecule has 39 heavy (non-hydrogen) atoms. The number of hydrogen-bond donors (Lipinski definition) is 3. The third kappa shape index (κ3) is 7.49. The van der Waals surface area contributed by atoms with E-state index in [1.807, 2.05) is 0 Å². The second kappa shape index (κ2) is 12.5. The van der Waals surface area contributed by atoms with Crippen LogP contribution in [0.2, 0.25) is 5.02 Å². The van der Waals surface area contributed by atoms with Gasteiger partial charge in [0.15, 0.2) is 0 Å². The summed E-state index contributed by atoms with van der Waals surface area (Å²) in [5.41, 5.74) is 2.79. The van der Waals surface area contributed by atoms with Gasteiger partial charge in [-0.25, -0.2) is 4.79 Å². The molecule has 0 bridgehead atoms. The molecular weight excluding hydrogens is 526 g/mol. The van der Waals surface area contributed by atoms with Crippen molar-refractivity contribution in [2.24, 2.45) is 7.05 Å². The zero-order valence-corrected chi connectivity index (χ0v) is 21.7. The molecule has 2 heterocycles. The Morgan fingerprint density at radius 3 is 2.46 bits per heavy atom. The molecule has 2 aromatic carbocycles. The molecular formula is C25H24ClN9O4. The van der Waals surface area contributed by atoms with Crippen molar-refractivity contribution in [2.75, 3.05) is 17.7 Å². The summed E-state index contributed by atoms with van der Waals surface area (Å²) in [7, 11) is 3.02. The Bertz CT molecular complexity index is 1480. The summed E-state index contributed by atoms with van der Waals surface area (Å²) in [5.74, 6) is -0.959. The van der Waals surface area contributed by atoms with E-state index < -0.39 is 23.9 Å². The standard InChI is InChI=1S/C25H24ClN9O4/c1-34-12-11-20(31-34)14-21(24(37)28-18-5-7-19(8-6-18)29-25(38)39-2)30-23(36)10-3-16-13-17(26)4-9-22(16)35-15-27-32-33-35/h3-13,15,21H,14H2,1-2H3,(H,28,37)(H,29,38)(H,30,36)/t21-/m0/s1. The number of aromatic nitrogens is 6. The monoisotopic (exact) mass is 549 g/mol. The highest BCUT2D eigenvalue weighted by molar-refractivity contribution is 6.30. The highest BCUT2D eigenvalue weighted by atomic mass is 35.5. The lowest BCUT2D eigenvalue weighted by Gasteiger charge is -2.17. The van der Waals surface area contributed by atoms with Gasteiger partial charge in [-0.1, -0.05) is 11.6 Å². The van der Waals surface area contributed by atoms with Crippen molar-refractivity contribution < 1.29 is 19.1 Å². The van der Waals surface area contributed by atoms with E-state index in [0.29, 0.717) is 33.3 Å². The van der Waals surface area contributed by atoms with Crippen LogP contribution in [0.15, 0.2) is 67.1 Å². The lowest BCUT2D eigenvalue weighted by molar-refractivity contribution is -0.123. The number of carbonyl (C=O) groups excluding carboxylic acids is 3. The number of carbonyl (C=O) groups is 3. The van der Waals surface area contributed by atoms with Gasteiger partial charge in [0.1, 0.15) is 12.4 Å². The molecule has 0 aliphatic carbocycles. The zero-order chi connectivity index (χ0) is 27.8. The number of anilines is 2. The van der Waals surface area contributed by atoms with Crippen molar-refractivity contribution in [2.45, 2.75) is 12.5 Å². The van der Waals surface area contributed by atoms with Crippen molar-refractivity contribution in [3.63, 3.8) is 0 Å². The van der Waals surface area contributed by atoms with Crippen LogP contribution in [0.5, 0.6) is 0 Å². The van der Waals surface area contributed by atoms with E-state index in [1.54, 1.807) is 72.5 Å². The molecule has 0 fully saturated rings. The van der Waals surface area contributed by atoms with Crippen LogP contribution >= 0.6 is 11.6 Å². The molecule has 13 nitrogen and oxygen atoms in total. The molecule has 0 aliphatic heterocycles. The molecule has 0 spiro atoms. The predicted octanol–water partition coefficient (Wildman–Crippen LogP) is 2.61. The summed E-state index contributed by atoms with van der Waals surface area (Å²) in [6.45, 7) is 0. The largest absolute Gasteiger partial charge is 0.453 e. The van der Waals surface area contributed by atoms with Crippen molar-refractivity contribution in [3.05, 3.63) is 83.4 Å². The number of aryl methyl sites for hydroxylation is 1. The topological polar surface area (TPSA) is 158 Å². The number of tetrazole rings is 1. The maximum atomic E-state index is 13.2. The molecule has 14 heteroatoms. The minimum Gasteiger partial charge on any atom is -0.453 e. The minimum absolute atomic E-state index is 0.154. The SMILES string of the molecule is COC(=O)Nc1ccc(NC(=O)[C@H](Cc2ccn(C)n2)NC(=O)C=Cc2cc(Cl)ccc2-n2cnnn2)cc1. The Labute approximate surface area is 227 Å². The maximum absolute atomic E-state index is 13.2. The van der Waals surface area contributed by atoms with Gasteiger partial charge in [-0.3, -0.25) is 19.6 Å². The fourth-order valence-electron chi connectivity index (χ4n) is 3.55. The molecule has 0 saturated carbocycles. The lowest BCUT2D eigenvalue weighted by Crippen LogP contribution is -2.44. The maximum Gasteiger partial charge on any atom is 0.411 e. The van der Waals surface area contributed by atoms with Gasteiger partial charge in [-0.05, 0) is 65.0 Å². The van der Waals surface area contributed by atoms with Crippen molar-refractivity contribution >= 4 is 47.0 Å². The van der Waals surface area contributed by atoms with Gasteiger partial charge in [0.05, 0.1) is 18.5 Å². The molecule has 0 radical (unpaired) electrons. The number of halogens is 1. The number of nitrogens with zero attached hydrogens (tertiary/aromatic N) is 6. The van der Waals surface area contributed by atoms with E-state index in [4.69, 9.17) is 11.6 Å². The number of rotatable bonds is 9. The van der Waals surface area contributed by atoms with E-state index in [9.17, 15) is 14.4 Å². The number of ether oxygens (including phenoxy) is 1. The Balaban J connectivity index is 1.49. The van der Waals surface area contributed by atoms with Crippen LogP contribution in [0, 0.1) is 0 Å².